The third-order valence-corrected chi connectivity index (χ3v) is 3.62. The van der Waals surface area contributed by atoms with Gasteiger partial charge in [0.25, 0.3) is 0 Å². The lowest BCUT2D eigenvalue weighted by Crippen LogP contribution is -2.17. The van der Waals surface area contributed by atoms with Crippen LogP contribution in [0.3, 0.4) is 0 Å². The lowest BCUT2D eigenvalue weighted by molar-refractivity contribution is 0.513. The second-order valence-electron chi connectivity index (χ2n) is 4.04. The first-order chi connectivity index (χ1) is 6.81. The fourth-order valence-electron chi connectivity index (χ4n) is 1.84. The van der Waals surface area contributed by atoms with Gasteiger partial charge in [-0.25, -0.2) is 0 Å². The molecule has 14 heavy (non-hydrogen) atoms. The molecule has 0 amide bonds. The molecule has 0 bridgehead atoms. The molecule has 1 atom stereocenters. The maximum Gasteiger partial charge on any atom is 0.0331 e. The van der Waals surface area contributed by atoms with Gasteiger partial charge in [0.15, 0.2) is 0 Å². The minimum atomic E-state index is 0.512. The fourth-order valence-corrected chi connectivity index (χ4v) is 2.41. The van der Waals surface area contributed by atoms with Crippen molar-refractivity contribution in [2.24, 2.45) is 5.92 Å². The molecule has 1 aromatic rings. The summed E-state index contributed by atoms with van der Waals surface area (Å²) >= 11 is 3.61. The molecule has 1 aromatic carbocycles. The van der Waals surface area contributed by atoms with Crippen molar-refractivity contribution in [3.8, 4) is 0 Å². The van der Waals surface area contributed by atoms with Crippen LogP contribution in [0.1, 0.15) is 30.9 Å². The Bertz CT molecular complexity index is 307. The van der Waals surface area contributed by atoms with Gasteiger partial charge in [-0.1, -0.05) is 47.0 Å². The van der Waals surface area contributed by atoms with Crippen LogP contribution in [0.2, 0.25) is 0 Å². The normalized spacial score (nSPS) is 18.1. The summed E-state index contributed by atoms with van der Waals surface area (Å²) in [5.74, 6) is 0.958. The predicted molar refractivity (Wildman–Crippen MR) is 63.3 cm³/mol. The molecule has 0 aliphatic heterocycles. The molecule has 1 N–H and O–H groups in total. The van der Waals surface area contributed by atoms with E-state index in [1.807, 2.05) is 7.05 Å². The third kappa shape index (κ3) is 2.37. The lowest BCUT2D eigenvalue weighted by atomic mass is 10.0. The molecular weight excluding hydrogens is 238 g/mol. The van der Waals surface area contributed by atoms with E-state index in [2.05, 4.69) is 45.5 Å². The van der Waals surface area contributed by atoms with Gasteiger partial charge in [-0.05, 0) is 31.0 Å². The van der Waals surface area contributed by atoms with Gasteiger partial charge in [0.05, 0.1) is 0 Å². The molecule has 0 saturated heterocycles. The average molecular weight is 254 g/mol. The largest absolute Gasteiger partial charge is 0.313 e. The van der Waals surface area contributed by atoms with E-state index >= 15 is 0 Å². The molecule has 1 fully saturated rings. The Hall–Kier alpha value is -0.340. The summed E-state index contributed by atoms with van der Waals surface area (Å²) in [5.41, 5.74) is 1.39. The summed E-state index contributed by atoms with van der Waals surface area (Å²) in [7, 11) is 2.05. The van der Waals surface area contributed by atoms with Gasteiger partial charge in [-0.15, -0.1) is 0 Å². The number of benzene rings is 1. The Morgan fingerprint density at radius 1 is 1.43 bits per heavy atom. The summed E-state index contributed by atoms with van der Waals surface area (Å²) in [5, 5.41) is 3.40. The smallest absolute Gasteiger partial charge is 0.0331 e. The van der Waals surface area contributed by atoms with Crippen LogP contribution >= 0.6 is 15.9 Å². The van der Waals surface area contributed by atoms with Crippen LogP contribution in [0.4, 0.5) is 0 Å². The van der Waals surface area contributed by atoms with Crippen molar-refractivity contribution in [2.75, 3.05) is 7.05 Å². The van der Waals surface area contributed by atoms with Crippen LogP contribution in [-0.2, 0) is 0 Å². The minimum absolute atomic E-state index is 0.512. The van der Waals surface area contributed by atoms with Crippen LogP contribution in [0.25, 0.3) is 0 Å². The van der Waals surface area contributed by atoms with E-state index in [4.69, 9.17) is 0 Å². The van der Waals surface area contributed by atoms with Crippen LogP contribution in [0.5, 0.6) is 0 Å². The van der Waals surface area contributed by atoms with Gasteiger partial charge >= 0.3 is 0 Å². The molecule has 0 heterocycles. The van der Waals surface area contributed by atoms with Crippen molar-refractivity contribution in [3.05, 3.63) is 34.3 Å². The zero-order valence-electron chi connectivity index (χ0n) is 8.46. The molecule has 76 valence electrons. The molecular formula is C12H16BrN. The van der Waals surface area contributed by atoms with Crippen LogP contribution in [-0.4, -0.2) is 7.05 Å². The second kappa shape index (κ2) is 4.45. The van der Waals surface area contributed by atoms with Crippen molar-refractivity contribution >= 4 is 15.9 Å². The van der Waals surface area contributed by atoms with Gasteiger partial charge < -0.3 is 5.32 Å². The molecule has 1 nitrogen and oxygen atoms in total. The number of rotatable bonds is 4. The molecule has 1 saturated carbocycles. The van der Waals surface area contributed by atoms with E-state index in [1.54, 1.807) is 0 Å². The van der Waals surface area contributed by atoms with E-state index in [1.165, 1.54) is 29.3 Å². The Morgan fingerprint density at radius 3 is 2.71 bits per heavy atom. The summed E-state index contributed by atoms with van der Waals surface area (Å²) in [6, 6.07) is 9.01. The first kappa shape index (κ1) is 10.2. The predicted octanol–water partition coefficient (Wildman–Crippen LogP) is 3.51. The van der Waals surface area contributed by atoms with E-state index in [-0.39, 0.29) is 0 Å². The number of nitrogens with one attached hydrogen (secondary N) is 1. The summed E-state index contributed by atoms with van der Waals surface area (Å²) in [4.78, 5) is 0. The zero-order valence-corrected chi connectivity index (χ0v) is 10.0. The zero-order chi connectivity index (χ0) is 9.97. The third-order valence-electron chi connectivity index (χ3n) is 2.90. The van der Waals surface area contributed by atoms with E-state index < -0.39 is 0 Å². The molecule has 0 aromatic heterocycles. The van der Waals surface area contributed by atoms with Crippen molar-refractivity contribution < 1.29 is 0 Å². The van der Waals surface area contributed by atoms with Gasteiger partial charge in [-0.2, -0.15) is 0 Å². The monoisotopic (exact) mass is 253 g/mol. The summed E-state index contributed by atoms with van der Waals surface area (Å²) < 4.78 is 1.22. The van der Waals surface area contributed by atoms with Crippen LogP contribution < -0.4 is 5.32 Å². The van der Waals surface area contributed by atoms with E-state index in [0.717, 1.165) is 5.92 Å². The molecule has 0 spiro atoms. The Balaban J connectivity index is 2.12. The quantitative estimate of drug-likeness (QED) is 0.866. The van der Waals surface area contributed by atoms with Gasteiger partial charge in [-0.3, -0.25) is 0 Å². The summed E-state index contributed by atoms with van der Waals surface area (Å²) in [6.07, 6.45) is 4.12. The van der Waals surface area contributed by atoms with Crippen LogP contribution in [0, 0.1) is 5.92 Å². The molecule has 1 aliphatic rings. The lowest BCUT2D eigenvalue weighted by Gasteiger charge is -2.17. The van der Waals surface area contributed by atoms with Crippen molar-refractivity contribution in [3.63, 3.8) is 0 Å². The van der Waals surface area contributed by atoms with Crippen LogP contribution in [0.15, 0.2) is 28.7 Å². The molecule has 1 unspecified atom stereocenters. The molecule has 0 radical (unpaired) electrons. The fraction of sp³-hybridized carbons (Fsp3) is 0.500. The molecule has 2 rings (SSSR count). The highest BCUT2D eigenvalue weighted by atomic mass is 79.9. The standard InChI is InChI=1S/C12H16BrN/c1-14-12(8-9-6-7-9)10-4-2-3-5-11(10)13/h2-5,9,12,14H,6-8H2,1H3. The highest BCUT2D eigenvalue weighted by Gasteiger charge is 2.26. The second-order valence-corrected chi connectivity index (χ2v) is 4.90. The topological polar surface area (TPSA) is 12.0 Å². The van der Waals surface area contributed by atoms with Gasteiger partial charge in [0.1, 0.15) is 0 Å². The van der Waals surface area contributed by atoms with E-state index in [0.29, 0.717) is 6.04 Å². The van der Waals surface area contributed by atoms with Gasteiger partial charge in [0.2, 0.25) is 0 Å². The Morgan fingerprint density at radius 2 is 2.14 bits per heavy atom. The SMILES string of the molecule is CNC(CC1CC1)c1ccccc1Br. The van der Waals surface area contributed by atoms with E-state index in [9.17, 15) is 0 Å². The Kier molecular flexibility index (Phi) is 3.24. The first-order valence-electron chi connectivity index (χ1n) is 5.23. The average Bonchev–Trinajstić information content (AvgIpc) is 2.99. The highest BCUT2D eigenvalue weighted by Crippen LogP contribution is 2.38. The highest BCUT2D eigenvalue weighted by molar-refractivity contribution is 9.10. The Labute approximate surface area is 94.0 Å². The van der Waals surface area contributed by atoms with Crippen molar-refractivity contribution in [2.45, 2.75) is 25.3 Å². The maximum atomic E-state index is 3.61. The molecule has 2 heteroatoms. The minimum Gasteiger partial charge on any atom is -0.313 e. The maximum absolute atomic E-state index is 3.61. The first-order valence-corrected chi connectivity index (χ1v) is 6.02. The number of halogens is 1. The number of hydrogen-bond donors (Lipinski definition) is 1. The number of hydrogen-bond acceptors (Lipinski definition) is 1. The molecule has 1 aliphatic carbocycles. The van der Waals surface area contributed by atoms with Gasteiger partial charge in [0, 0.05) is 10.5 Å². The van der Waals surface area contributed by atoms with Crippen molar-refractivity contribution in [1.82, 2.24) is 5.32 Å². The van der Waals surface area contributed by atoms with Crippen molar-refractivity contribution in [1.29, 1.82) is 0 Å². The summed E-state index contributed by atoms with van der Waals surface area (Å²) in [6.45, 7) is 0.